The molecule has 0 aliphatic carbocycles. The standard InChI is InChI=1S/C24H47O8P/c1-8-13-16-19(21(25)23(6,11-4)30-18-15-10-3)31-24(7,12-5)22(26)20(17-14-9-2)32-33(27,28)29/h19-20H,8-18H2,1-7H3,(H2,27,28,29). The number of hydrogen-bond acceptors (Lipinski definition) is 6. The van der Waals surface area contributed by atoms with Gasteiger partial charge in [0.1, 0.15) is 23.4 Å². The van der Waals surface area contributed by atoms with Gasteiger partial charge in [-0.25, -0.2) is 4.57 Å². The molecule has 0 aromatic carbocycles. The Bertz CT molecular complexity index is 634. The second-order valence-electron chi connectivity index (χ2n) is 9.07. The summed E-state index contributed by atoms with van der Waals surface area (Å²) in [4.78, 5) is 45.6. The fourth-order valence-electron chi connectivity index (χ4n) is 3.52. The van der Waals surface area contributed by atoms with Crippen LogP contribution in [-0.4, -0.2) is 51.4 Å². The van der Waals surface area contributed by atoms with Crippen LogP contribution in [0.15, 0.2) is 0 Å². The highest BCUT2D eigenvalue weighted by Gasteiger charge is 2.45. The van der Waals surface area contributed by atoms with E-state index in [4.69, 9.17) is 14.0 Å². The summed E-state index contributed by atoms with van der Waals surface area (Å²) in [6.45, 7) is 13.4. The largest absolute Gasteiger partial charge is 0.470 e. The Labute approximate surface area is 200 Å². The van der Waals surface area contributed by atoms with E-state index >= 15 is 0 Å². The number of hydrogen-bond donors (Lipinski definition) is 2. The summed E-state index contributed by atoms with van der Waals surface area (Å²) in [6.07, 6.45) is 3.80. The average Bonchev–Trinajstić information content (AvgIpc) is 2.77. The Morgan fingerprint density at radius 1 is 0.788 bits per heavy atom. The molecule has 4 unspecified atom stereocenters. The van der Waals surface area contributed by atoms with Crippen molar-refractivity contribution in [2.45, 2.75) is 136 Å². The van der Waals surface area contributed by atoms with Gasteiger partial charge >= 0.3 is 7.82 Å². The van der Waals surface area contributed by atoms with Crippen molar-refractivity contribution in [3.8, 4) is 0 Å². The number of carbonyl (C=O) groups excluding carboxylic acids is 2. The SMILES string of the molecule is CCCCOC(C)(CC)C(=O)C(CCCC)OC(C)(CC)C(=O)C(CCCC)OP(=O)(O)O. The third kappa shape index (κ3) is 11.1. The van der Waals surface area contributed by atoms with E-state index in [1.54, 1.807) is 20.8 Å². The molecule has 0 bridgehead atoms. The van der Waals surface area contributed by atoms with E-state index in [9.17, 15) is 23.9 Å². The molecule has 0 amide bonds. The van der Waals surface area contributed by atoms with Gasteiger partial charge in [0, 0.05) is 6.61 Å². The number of phosphoric ester groups is 1. The van der Waals surface area contributed by atoms with Crippen LogP contribution < -0.4 is 0 Å². The summed E-state index contributed by atoms with van der Waals surface area (Å²) < 4.78 is 28.6. The van der Waals surface area contributed by atoms with Gasteiger partial charge in [-0.15, -0.1) is 0 Å². The summed E-state index contributed by atoms with van der Waals surface area (Å²) in [7, 11) is -4.88. The smallest absolute Gasteiger partial charge is 0.367 e. The first-order chi connectivity index (χ1) is 15.3. The molecule has 0 aromatic heterocycles. The molecule has 33 heavy (non-hydrogen) atoms. The van der Waals surface area contributed by atoms with E-state index in [1.165, 1.54) is 0 Å². The van der Waals surface area contributed by atoms with Gasteiger partial charge in [0.2, 0.25) is 0 Å². The topological polar surface area (TPSA) is 119 Å². The average molecular weight is 495 g/mol. The molecular formula is C24H47O8P. The lowest BCUT2D eigenvalue weighted by Gasteiger charge is -2.37. The summed E-state index contributed by atoms with van der Waals surface area (Å²) in [5.74, 6) is -0.760. The molecule has 4 atom stereocenters. The molecular weight excluding hydrogens is 447 g/mol. The molecule has 0 aliphatic rings. The second kappa shape index (κ2) is 15.4. The maximum atomic E-state index is 13.6. The molecule has 0 aliphatic heterocycles. The van der Waals surface area contributed by atoms with Gasteiger partial charge < -0.3 is 19.3 Å². The van der Waals surface area contributed by atoms with Crippen LogP contribution in [0.5, 0.6) is 0 Å². The zero-order valence-electron chi connectivity index (χ0n) is 21.7. The minimum atomic E-state index is -4.88. The van der Waals surface area contributed by atoms with Crippen LogP contribution in [-0.2, 0) is 28.2 Å². The van der Waals surface area contributed by atoms with E-state index in [1.807, 2.05) is 20.8 Å². The highest BCUT2D eigenvalue weighted by molar-refractivity contribution is 7.46. The van der Waals surface area contributed by atoms with E-state index in [0.29, 0.717) is 25.9 Å². The predicted molar refractivity (Wildman–Crippen MR) is 129 cm³/mol. The lowest BCUT2D eigenvalue weighted by atomic mass is 9.88. The molecule has 0 heterocycles. The first-order valence-corrected chi connectivity index (χ1v) is 14.0. The third-order valence-corrected chi connectivity index (χ3v) is 6.73. The van der Waals surface area contributed by atoms with Gasteiger partial charge in [-0.1, -0.05) is 66.7 Å². The van der Waals surface area contributed by atoms with Crippen molar-refractivity contribution in [1.29, 1.82) is 0 Å². The number of Topliss-reactive ketones (excluding diaryl/α,β-unsaturated/α-hetero) is 2. The van der Waals surface area contributed by atoms with E-state index in [2.05, 4.69) is 6.92 Å². The minimum absolute atomic E-state index is 0.166. The normalized spacial score (nSPS) is 17.7. The Morgan fingerprint density at radius 3 is 1.67 bits per heavy atom. The van der Waals surface area contributed by atoms with Gasteiger partial charge in [-0.05, 0) is 46.0 Å². The van der Waals surface area contributed by atoms with Crippen LogP contribution in [0.4, 0.5) is 0 Å². The number of ketones is 2. The van der Waals surface area contributed by atoms with Crippen molar-refractivity contribution in [2.75, 3.05) is 6.61 Å². The Morgan fingerprint density at radius 2 is 1.24 bits per heavy atom. The predicted octanol–water partition coefficient (Wildman–Crippen LogP) is 5.52. The minimum Gasteiger partial charge on any atom is -0.367 e. The molecule has 0 fully saturated rings. The van der Waals surface area contributed by atoms with Crippen molar-refractivity contribution in [1.82, 2.24) is 0 Å². The van der Waals surface area contributed by atoms with Crippen LogP contribution in [0.2, 0.25) is 0 Å². The van der Waals surface area contributed by atoms with Gasteiger partial charge in [-0.2, -0.15) is 0 Å². The fourth-order valence-corrected chi connectivity index (χ4v) is 4.05. The Hall–Kier alpha value is -0.630. The molecule has 0 radical (unpaired) electrons. The van der Waals surface area contributed by atoms with Crippen molar-refractivity contribution in [3.05, 3.63) is 0 Å². The zero-order valence-corrected chi connectivity index (χ0v) is 22.6. The monoisotopic (exact) mass is 494 g/mol. The summed E-state index contributed by atoms with van der Waals surface area (Å²) in [5.41, 5.74) is -2.46. The first-order valence-electron chi connectivity index (χ1n) is 12.5. The number of unbranched alkanes of at least 4 members (excludes halogenated alkanes) is 3. The molecule has 0 saturated carbocycles. The van der Waals surface area contributed by atoms with E-state index in [0.717, 1.165) is 32.1 Å². The van der Waals surface area contributed by atoms with Gasteiger partial charge in [0.05, 0.1) is 0 Å². The number of ether oxygens (including phenoxy) is 2. The Balaban J connectivity index is 5.92. The maximum Gasteiger partial charge on any atom is 0.470 e. The van der Waals surface area contributed by atoms with Crippen molar-refractivity contribution >= 4 is 19.4 Å². The molecule has 2 N–H and O–H groups in total. The lowest BCUT2D eigenvalue weighted by molar-refractivity contribution is -0.176. The van der Waals surface area contributed by atoms with Crippen molar-refractivity contribution in [2.24, 2.45) is 0 Å². The fraction of sp³-hybridized carbons (Fsp3) is 0.917. The van der Waals surface area contributed by atoms with E-state index < -0.39 is 37.0 Å². The first kappa shape index (κ1) is 32.4. The van der Waals surface area contributed by atoms with Gasteiger partial charge in [-0.3, -0.25) is 14.1 Å². The molecule has 0 rings (SSSR count). The molecule has 0 saturated heterocycles. The maximum absolute atomic E-state index is 13.6. The lowest BCUT2D eigenvalue weighted by Crippen LogP contribution is -2.52. The number of rotatable bonds is 20. The quantitative estimate of drug-likeness (QED) is 0.168. The van der Waals surface area contributed by atoms with Gasteiger partial charge in [0.25, 0.3) is 0 Å². The molecule has 0 spiro atoms. The zero-order chi connectivity index (χ0) is 25.7. The van der Waals surface area contributed by atoms with Crippen LogP contribution >= 0.6 is 7.82 Å². The van der Waals surface area contributed by atoms with Gasteiger partial charge in [0.15, 0.2) is 11.6 Å². The summed E-state index contributed by atoms with van der Waals surface area (Å²) in [6, 6.07) is 0. The third-order valence-electron chi connectivity index (χ3n) is 6.20. The highest BCUT2D eigenvalue weighted by atomic mass is 31.2. The van der Waals surface area contributed by atoms with Crippen LogP contribution in [0.25, 0.3) is 0 Å². The number of phosphoric acid groups is 1. The second-order valence-corrected chi connectivity index (χ2v) is 10.3. The highest BCUT2D eigenvalue weighted by Crippen LogP contribution is 2.40. The number of carbonyl (C=O) groups is 2. The van der Waals surface area contributed by atoms with E-state index in [-0.39, 0.29) is 18.6 Å². The molecule has 0 aromatic rings. The van der Waals surface area contributed by atoms with Crippen LogP contribution in [0, 0.1) is 0 Å². The van der Waals surface area contributed by atoms with Crippen LogP contribution in [0.1, 0.15) is 113 Å². The molecule has 9 heteroatoms. The molecule has 8 nitrogen and oxygen atoms in total. The summed E-state index contributed by atoms with van der Waals surface area (Å²) >= 11 is 0. The summed E-state index contributed by atoms with van der Waals surface area (Å²) in [5, 5.41) is 0. The van der Waals surface area contributed by atoms with Crippen LogP contribution in [0.3, 0.4) is 0 Å². The Kier molecular flexibility index (Phi) is 15.1. The molecule has 196 valence electrons. The van der Waals surface area contributed by atoms with Crippen molar-refractivity contribution in [3.63, 3.8) is 0 Å². The van der Waals surface area contributed by atoms with Crippen molar-refractivity contribution < 1.29 is 37.9 Å².